The van der Waals surface area contributed by atoms with Crippen LogP contribution in [0.3, 0.4) is 0 Å². The first-order chi connectivity index (χ1) is 11.5. The average molecular weight is 329 g/mol. The zero-order valence-corrected chi connectivity index (χ0v) is 13.3. The molecule has 0 fully saturated rings. The fourth-order valence-electron chi connectivity index (χ4n) is 2.95. The number of aryl methyl sites for hydroxylation is 1. The molecule has 1 atom stereocenters. The molecule has 1 aliphatic heterocycles. The van der Waals surface area contributed by atoms with Crippen molar-refractivity contribution in [2.75, 3.05) is 11.4 Å². The predicted octanol–water partition coefficient (Wildman–Crippen LogP) is 1.35. The molecule has 0 bridgehead atoms. The van der Waals surface area contributed by atoms with E-state index >= 15 is 0 Å². The van der Waals surface area contributed by atoms with Gasteiger partial charge in [0.1, 0.15) is 17.7 Å². The highest BCUT2D eigenvalue weighted by atomic mass is 19.1. The van der Waals surface area contributed by atoms with Gasteiger partial charge < -0.3 is 14.2 Å². The number of hydrogen-bond acceptors (Lipinski definition) is 5. The number of halogens is 1. The number of rotatable bonds is 2. The van der Waals surface area contributed by atoms with E-state index in [1.165, 1.54) is 16.7 Å². The van der Waals surface area contributed by atoms with Gasteiger partial charge in [-0.05, 0) is 19.1 Å². The van der Waals surface area contributed by atoms with E-state index in [9.17, 15) is 9.18 Å². The molecule has 0 radical (unpaired) electrons. The Morgan fingerprint density at radius 1 is 1.33 bits per heavy atom. The van der Waals surface area contributed by atoms with Gasteiger partial charge in [-0.2, -0.15) is 0 Å². The van der Waals surface area contributed by atoms with Crippen LogP contribution >= 0.6 is 0 Å². The van der Waals surface area contributed by atoms with E-state index in [-0.39, 0.29) is 23.1 Å². The second-order valence-electron chi connectivity index (χ2n) is 5.95. The third-order valence-corrected chi connectivity index (χ3v) is 4.12. The van der Waals surface area contributed by atoms with Crippen LogP contribution in [-0.4, -0.2) is 31.8 Å². The van der Waals surface area contributed by atoms with Gasteiger partial charge in [0.25, 0.3) is 5.56 Å². The standard InChI is InChI=1S/C16H16FN5O2/c1-10-8-21(12-4-3-11(17)7-13(12)24-10)9-14-18-19-15-16(23)20(2)5-6-22(14)15/h3-7,10H,8-9H2,1-2H3. The largest absolute Gasteiger partial charge is 0.487 e. The Bertz CT molecular complexity index is 980. The monoisotopic (exact) mass is 329 g/mol. The van der Waals surface area contributed by atoms with Crippen molar-refractivity contribution >= 4 is 11.3 Å². The summed E-state index contributed by atoms with van der Waals surface area (Å²) >= 11 is 0. The van der Waals surface area contributed by atoms with Crippen LogP contribution in [0, 0.1) is 5.82 Å². The molecule has 1 unspecified atom stereocenters. The molecular weight excluding hydrogens is 313 g/mol. The van der Waals surface area contributed by atoms with Gasteiger partial charge in [0, 0.05) is 25.5 Å². The maximum atomic E-state index is 13.5. The minimum absolute atomic E-state index is 0.0774. The normalized spacial score (nSPS) is 17.0. The van der Waals surface area contributed by atoms with Crippen molar-refractivity contribution in [3.63, 3.8) is 0 Å². The number of benzene rings is 1. The van der Waals surface area contributed by atoms with Gasteiger partial charge in [0.05, 0.1) is 18.8 Å². The summed E-state index contributed by atoms with van der Waals surface area (Å²) in [5.74, 6) is 0.824. The summed E-state index contributed by atoms with van der Waals surface area (Å²) in [5, 5.41) is 8.15. The van der Waals surface area contributed by atoms with Gasteiger partial charge >= 0.3 is 0 Å². The molecule has 7 nitrogen and oxygen atoms in total. The Labute approximate surface area is 136 Å². The Morgan fingerprint density at radius 3 is 3.00 bits per heavy atom. The number of nitrogens with zero attached hydrogens (tertiary/aromatic N) is 5. The molecule has 3 aromatic rings. The first-order valence-electron chi connectivity index (χ1n) is 7.63. The molecule has 4 rings (SSSR count). The summed E-state index contributed by atoms with van der Waals surface area (Å²) in [7, 11) is 1.67. The number of hydrogen-bond donors (Lipinski definition) is 0. The maximum absolute atomic E-state index is 13.5. The molecule has 1 aliphatic rings. The molecule has 24 heavy (non-hydrogen) atoms. The summed E-state index contributed by atoms with van der Waals surface area (Å²) in [6, 6.07) is 4.48. The van der Waals surface area contributed by atoms with Crippen molar-refractivity contribution in [2.45, 2.75) is 19.6 Å². The number of fused-ring (bicyclic) bond motifs is 2. The zero-order chi connectivity index (χ0) is 16.8. The number of ether oxygens (including phenoxy) is 1. The molecule has 2 aromatic heterocycles. The molecule has 8 heteroatoms. The van der Waals surface area contributed by atoms with E-state index < -0.39 is 0 Å². The van der Waals surface area contributed by atoms with Crippen LogP contribution in [0.5, 0.6) is 5.75 Å². The van der Waals surface area contributed by atoms with E-state index in [1.54, 1.807) is 29.9 Å². The van der Waals surface area contributed by atoms with E-state index in [0.717, 1.165) is 5.69 Å². The van der Waals surface area contributed by atoms with Crippen LogP contribution in [0.4, 0.5) is 10.1 Å². The zero-order valence-electron chi connectivity index (χ0n) is 13.3. The maximum Gasteiger partial charge on any atom is 0.295 e. The Hall–Kier alpha value is -2.90. The predicted molar refractivity (Wildman–Crippen MR) is 85.8 cm³/mol. The van der Waals surface area contributed by atoms with Crippen LogP contribution < -0.4 is 15.2 Å². The van der Waals surface area contributed by atoms with Gasteiger partial charge in [0.2, 0.25) is 5.65 Å². The Balaban J connectivity index is 1.74. The first kappa shape index (κ1) is 14.7. The lowest BCUT2D eigenvalue weighted by Gasteiger charge is -2.34. The van der Waals surface area contributed by atoms with Crippen molar-refractivity contribution in [2.24, 2.45) is 7.05 Å². The van der Waals surface area contributed by atoms with Crippen LogP contribution in [0.15, 0.2) is 35.4 Å². The molecule has 0 amide bonds. The highest BCUT2D eigenvalue weighted by molar-refractivity contribution is 5.60. The molecule has 124 valence electrons. The average Bonchev–Trinajstić information content (AvgIpc) is 2.94. The summed E-state index contributed by atoms with van der Waals surface area (Å²) in [4.78, 5) is 14.1. The molecule has 0 N–H and O–H groups in total. The molecule has 0 saturated heterocycles. The quantitative estimate of drug-likeness (QED) is 0.710. The molecule has 0 aliphatic carbocycles. The van der Waals surface area contributed by atoms with Gasteiger partial charge in [-0.15, -0.1) is 10.2 Å². The fraction of sp³-hybridized carbons (Fsp3) is 0.312. The third-order valence-electron chi connectivity index (χ3n) is 4.12. The van der Waals surface area contributed by atoms with Gasteiger partial charge in [0.15, 0.2) is 5.82 Å². The lowest BCUT2D eigenvalue weighted by molar-refractivity contribution is 0.210. The van der Waals surface area contributed by atoms with E-state index in [2.05, 4.69) is 15.1 Å². The number of anilines is 1. The Kier molecular flexibility index (Phi) is 3.26. The second kappa shape index (κ2) is 5.33. The lowest BCUT2D eigenvalue weighted by atomic mass is 10.2. The molecule has 0 spiro atoms. The Morgan fingerprint density at radius 2 is 2.17 bits per heavy atom. The number of aromatic nitrogens is 4. The van der Waals surface area contributed by atoms with E-state index in [0.29, 0.717) is 24.7 Å². The molecular formula is C16H16FN5O2. The SMILES string of the molecule is CC1CN(Cc2nnc3c(=O)n(C)ccn23)c2ccc(F)cc2O1. The van der Waals surface area contributed by atoms with Crippen molar-refractivity contribution in [3.05, 3.63) is 52.6 Å². The van der Waals surface area contributed by atoms with Crippen LogP contribution in [0.2, 0.25) is 0 Å². The smallest absolute Gasteiger partial charge is 0.295 e. The van der Waals surface area contributed by atoms with Crippen LogP contribution in [0.1, 0.15) is 12.7 Å². The van der Waals surface area contributed by atoms with Crippen molar-refractivity contribution in [3.8, 4) is 5.75 Å². The second-order valence-corrected chi connectivity index (χ2v) is 5.95. The topological polar surface area (TPSA) is 64.7 Å². The molecule has 3 heterocycles. The first-order valence-corrected chi connectivity index (χ1v) is 7.63. The minimum Gasteiger partial charge on any atom is -0.487 e. The lowest BCUT2D eigenvalue weighted by Crippen LogP contribution is -2.38. The summed E-state index contributed by atoms with van der Waals surface area (Å²) < 4.78 is 22.3. The van der Waals surface area contributed by atoms with Crippen molar-refractivity contribution < 1.29 is 9.13 Å². The van der Waals surface area contributed by atoms with E-state index in [4.69, 9.17) is 4.74 Å². The van der Waals surface area contributed by atoms with Gasteiger partial charge in [-0.3, -0.25) is 9.20 Å². The highest BCUT2D eigenvalue weighted by Crippen LogP contribution is 2.34. The fourth-order valence-corrected chi connectivity index (χ4v) is 2.95. The van der Waals surface area contributed by atoms with Crippen LogP contribution in [-0.2, 0) is 13.6 Å². The summed E-state index contributed by atoms with van der Waals surface area (Å²) in [5.41, 5.74) is 0.889. The summed E-state index contributed by atoms with van der Waals surface area (Å²) in [6.45, 7) is 3.01. The van der Waals surface area contributed by atoms with E-state index in [1.807, 2.05) is 6.92 Å². The highest BCUT2D eigenvalue weighted by Gasteiger charge is 2.25. The van der Waals surface area contributed by atoms with Crippen molar-refractivity contribution in [1.29, 1.82) is 0 Å². The molecule has 0 saturated carbocycles. The summed E-state index contributed by atoms with van der Waals surface area (Å²) in [6.07, 6.45) is 3.36. The minimum atomic E-state index is -0.334. The van der Waals surface area contributed by atoms with Crippen LogP contribution in [0.25, 0.3) is 5.65 Å². The molecule has 1 aromatic carbocycles. The van der Waals surface area contributed by atoms with Gasteiger partial charge in [-0.1, -0.05) is 0 Å². The van der Waals surface area contributed by atoms with Gasteiger partial charge in [-0.25, -0.2) is 4.39 Å². The van der Waals surface area contributed by atoms with Crippen molar-refractivity contribution in [1.82, 2.24) is 19.2 Å². The third kappa shape index (κ3) is 2.31.